The van der Waals surface area contributed by atoms with E-state index in [-0.39, 0.29) is 5.82 Å². The fraction of sp³-hybridized carbons (Fsp3) is 0.231. The summed E-state index contributed by atoms with van der Waals surface area (Å²) >= 11 is 1.43. The van der Waals surface area contributed by atoms with Crippen molar-refractivity contribution in [3.63, 3.8) is 0 Å². The number of aromatic nitrogens is 1. The number of carboxylic acid groups (broad SMARTS) is 1. The van der Waals surface area contributed by atoms with E-state index >= 15 is 0 Å². The lowest BCUT2D eigenvalue weighted by Crippen LogP contribution is -2.11. The molecule has 0 saturated carbocycles. The Labute approximate surface area is 108 Å². The average molecular weight is 265 g/mol. The van der Waals surface area contributed by atoms with E-state index in [4.69, 9.17) is 5.11 Å². The van der Waals surface area contributed by atoms with Crippen LogP contribution in [0.4, 0.5) is 4.39 Å². The molecule has 2 rings (SSSR count). The van der Waals surface area contributed by atoms with Gasteiger partial charge in [0.05, 0.1) is 16.6 Å². The monoisotopic (exact) mass is 265 g/mol. The molecule has 18 heavy (non-hydrogen) atoms. The predicted molar refractivity (Wildman–Crippen MR) is 68.0 cm³/mol. The lowest BCUT2D eigenvalue weighted by atomic mass is 10.1. The molecule has 0 spiro atoms. The van der Waals surface area contributed by atoms with Crippen molar-refractivity contribution < 1.29 is 14.3 Å². The number of carboxylic acids is 1. The lowest BCUT2D eigenvalue weighted by molar-refractivity contribution is -0.141. The summed E-state index contributed by atoms with van der Waals surface area (Å²) in [4.78, 5) is 15.1. The first-order valence-corrected chi connectivity index (χ1v) is 6.37. The zero-order chi connectivity index (χ0) is 13.1. The minimum absolute atomic E-state index is 0.284. The van der Waals surface area contributed by atoms with Crippen LogP contribution >= 0.6 is 11.3 Å². The van der Waals surface area contributed by atoms with Crippen LogP contribution in [0, 0.1) is 11.7 Å². The van der Waals surface area contributed by atoms with Crippen LogP contribution in [0.25, 0.3) is 11.3 Å². The van der Waals surface area contributed by atoms with Crippen molar-refractivity contribution in [2.24, 2.45) is 5.92 Å². The number of thiazole rings is 1. The van der Waals surface area contributed by atoms with Gasteiger partial charge in [0.25, 0.3) is 0 Å². The highest BCUT2D eigenvalue weighted by molar-refractivity contribution is 7.09. The van der Waals surface area contributed by atoms with E-state index in [2.05, 4.69) is 4.98 Å². The third-order valence-electron chi connectivity index (χ3n) is 2.59. The van der Waals surface area contributed by atoms with E-state index in [1.54, 1.807) is 19.1 Å². The van der Waals surface area contributed by atoms with E-state index < -0.39 is 11.9 Å². The molecule has 1 atom stereocenters. The first-order chi connectivity index (χ1) is 8.56. The second kappa shape index (κ2) is 5.27. The van der Waals surface area contributed by atoms with Crippen molar-refractivity contribution in [2.75, 3.05) is 0 Å². The minimum atomic E-state index is -0.825. The van der Waals surface area contributed by atoms with Gasteiger partial charge in [0.2, 0.25) is 0 Å². The minimum Gasteiger partial charge on any atom is -0.481 e. The Morgan fingerprint density at radius 3 is 2.72 bits per heavy atom. The molecule has 0 radical (unpaired) electrons. The Kier molecular flexibility index (Phi) is 3.72. The van der Waals surface area contributed by atoms with Crippen LogP contribution in [-0.4, -0.2) is 16.1 Å². The summed E-state index contributed by atoms with van der Waals surface area (Å²) in [5.41, 5.74) is 1.59. The van der Waals surface area contributed by atoms with E-state index in [1.807, 2.05) is 5.38 Å². The normalized spacial score (nSPS) is 12.3. The summed E-state index contributed by atoms with van der Waals surface area (Å²) in [7, 11) is 0. The largest absolute Gasteiger partial charge is 0.481 e. The van der Waals surface area contributed by atoms with Crippen LogP contribution in [0.15, 0.2) is 29.6 Å². The SMILES string of the molecule is CC(Cc1nc(-c2ccc(F)cc2)cs1)C(=O)O. The molecule has 5 heteroatoms. The first-order valence-electron chi connectivity index (χ1n) is 5.49. The quantitative estimate of drug-likeness (QED) is 0.923. The van der Waals surface area contributed by atoms with Gasteiger partial charge in [0.15, 0.2) is 0 Å². The second-order valence-corrected chi connectivity index (χ2v) is 5.02. The maximum Gasteiger partial charge on any atom is 0.306 e. The Hall–Kier alpha value is -1.75. The van der Waals surface area contributed by atoms with Crippen molar-refractivity contribution in [1.29, 1.82) is 0 Å². The summed E-state index contributed by atoms with van der Waals surface area (Å²) in [5, 5.41) is 11.5. The van der Waals surface area contributed by atoms with Gasteiger partial charge in [-0.2, -0.15) is 0 Å². The van der Waals surface area contributed by atoms with Gasteiger partial charge in [-0.1, -0.05) is 6.92 Å². The number of nitrogens with zero attached hydrogens (tertiary/aromatic N) is 1. The number of halogens is 1. The maximum absolute atomic E-state index is 12.8. The zero-order valence-corrected chi connectivity index (χ0v) is 10.6. The van der Waals surface area contributed by atoms with Crippen LogP contribution in [0.3, 0.4) is 0 Å². The molecule has 1 unspecified atom stereocenters. The molecule has 0 fully saturated rings. The van der Waals surface area contributed by atoms with Gasteiger partial charge < -0.3 is 5.11 Å². The maximum atomic E-state index is 12.8. The number of aliphatic carboxylic acids is 1. The van der Waals surface area contributed by atoms with Crippen LogP contribution in [0.1, 0.15) is 11.9 Å². The highest BCUT2D eigenvalue weighted by Crippen LogP contribution is 2.23. The molecule has 0 amide bonds. The third-order valence-corrected chi connectivity index (χ3v) is 3.47. The summed E-state index contributed by atoms with van der Waals surface area (Å²) in [5.74, 6) is -1.56. The van der Waals surface area contributed by atoms with Crippen molar-refractivity contribution >= 4 is 17.3 Å². The van der Waals surface area contributed by atoms with E-state index in [9.17, 15) is 9.18 Å². The van der Waals surface area contributed by atoms with Crippen LogP contribution in [-0.2, 0) is 11.2 Å². The fourth-order valence-electron chi connectivity index (χ4n) is 1.51. The summed E-state index contributed by atoms with van der Waals surface area (Å²) in [6, 6.07) is 6.09. The molecule has 0 aliphatic heterocycles. The Morgan fingerprint density at radius 1 is 1.44 bits per heavy atom. The Morgan fingerprint density at radius 2 is 2.11 bits per heavy atom. The van der Waals surface area contributed by atoms with Gasteiger partial charge in [0.1, 0.15) is 5.82 Å². The molecule has 0 aliphatic rings. The molecular weight excluding hydrogens is 253 g/mol. The number of benzene rings is 1. The van der Waals surface area contributed by atoms with Gasteiger partial charge in [-0.15, -0.1) is 11.3 Å². The molecule has 1 heterocycles. The third kappa shape index (κ3) is 2.92. The van der Waals surface area contributed by atoms with Crippen LogP contribution in [0.5, 0.6) is 0 Å². The number of hydrogen-bond acceptors (Lipinski definition) is 3. The molecule has 1 aromatic carbocycles. The molecule has 1 aromatic heterocycles. The van der Waals surface area contributed by atoms with Crippen molar-refractivity contribution in [3.8, 4) is 11.3 Å². The van der Waals surface area contributed by atoms with E-state index in [1.165, 1.54) is 23.5 Å². The van der Waals surface area contributed by atoms with Crippen molar-refractivity contribution in [2.45, 2.75) is 13.3 Å². The highest BCUT2D eigenvalue weighted by atomic mass is 32.1. The summed E-state index contributed by atoms with van der Waals surface area (Å²) in [6.07, 6.45) is 0.418. The fourth-order valence-corrected chi connectivity index (χ4v) is 2.44. The van der Waals surface area contributed by atoms with Crippen molar-refractivity contribution in [1.82, 2.24) is 4.98 Å². The molecular formula is C13H12FNO2S. The lowest BCUT2D eigenvalue weighted by Gasteiger charge is -2.01. The summed E-state index contributed by atoms with van der Waals surface area (Å²) < 4.78 is 12.8. The number of rotatable bonds is 4. The van der Waals surface area contributed by atoms with E-state index in [0.717, 1.165) is 16.3 Å². The molecule has 1 N–H and O–H groups in total. The Balaban J connectivity index is 2.15. The Bertz CT molecular complexity index is 550. The predicted octanol–water partition coefficient (Wildman–Crippen LogP) is 3.21. The van der Waals surface area contributed by atoms with Crippen LogP contribution in [0.2, 0.25) is 0 Å². The smallest absolute Gasteiger partial charge is 0.306 e. The van der Waals surface area contributed by atoms with Crippen molar-refractivity contribution in [3.05, 3.63) is 40.5 Å². The van der Waals surface area contributed by atoms with Gasteiger partial charge in [-0.05, 0) is 24.3 Å². The first kappa shape index (κ1) is 12.7. The highest BCUT2D eigenvalue weighted by Gasteiger charge is 2.14. The number of carbonyl (C=O) groups is 1. The number of hydrogen-bond donors (Lipinski definition) is 1. The molecule has 0 saturated heterocycles. The zero-order valence-electron chi connectivity index (χ0n) is 9.76. The topological polar surface area (TPSA) is 50.2 Å². The van der Waals surface area contributed by atoms with E-state index in [0.29, 0.717) is 6.42 Å². The molecule has 2 aromatic rings. The second-order valence-electron chi connectivity index (χ2n) is 4.08. The average Bonchev–Trinajstić information content (AvgIpc) is 2.78. The van der Waals surface area contributed by atoms with Gasteiger partial charge in [-0.3, -0.25) is 4.79 Å². The van der Waals surface area contributed by atoms with Gasteiger partial charge in [-0.25, -0.2) is 9.37 Å². The molecule has 0 bridgehead atoms. The molecule has 0 aliphatic carbocycles. The standard InChI is InChI=1S/C13H12FNO2S/c1-8(13(16)17)6-12-15-11(7-18-12)9-2-4-10(14)5-3-9/h2-5,7-8H,6H2,1H3,(H,16,17). The molecule has 94 valence electrons. The van der Waals surface area contributed by atoms with Crippen LogP contribution < -0.4 is 0 Å². The van der Waals surface area contributed by atoms with Gasteiger partial charge in [0, 0.05) is 17.4 Å². The van der Waals surface area contributed by atoms with Gasteiger partial charge >= 0.3 is 5.97 Å². The summed E-state index contributed by atoms with van der Waals surface area (Å²) in [6.45, 7) is 1.65. The molecule has 3 nitrogen and oxygen atoms in total.